The van der Waals surface area contributed by atoms with Crippen molar-refractivity contribution >= 4 is 12.4 Å². The van der Waals surface area contributed by atoms with Gasteiger partial charge >= 0.3 is 0 Å². The lowest BCUT2D eigenvalue weighted by molar-refractivity contribution is 0.327. The molecule has 0 aromatic carbocycles. The van der Waals surface area contributed by atoms with Gasteiger partial charge in [-0.1, -0.05) is 25.0 Å². The Bertz CT molecular complexity index is 184. The van der Waals surface area contributed by atoms with Crippen molar-refractivity contribution in [2.75, 3.05) is 0 Å². The fourth-order valence-electron chi connectivity index (χ4n) is 2.99. The molecule has 0 nitrogen and oxygen atoms in total. The summed E-state index contributed by atoms with van der Waals surface area (Å²) < 4.78 is 0. The molecule has 2 rings (SSSR count). The fourth-order valence-corrected chi connectivity index (χ4v) is 2.99. The Morgan fingerprint density at radius 1 is 1.23 bits per heavy atom. The summed E-state index contributed by atoms with van der Waals surface area (Å²) in [6.45, 7) is 2.35. The second-order valence-corrected chi connectivity index (χ2v) is 4.37. The zero-order chi connectivity index (χ0) is 8.39. The normalized spacial score (nSPS) is 32.8. The van der Waals surface area contributed by atoms with Crippen LogP contribution in [0.1, 0.15) is 51.9 Å². The van der Waals surface area contributed by atoms with E-state index in [2.05, 4.69) is 13.0 Å². The van der Waals surface area contributed by atoms with Crippen molar-refractivity contribution < 1.29 is 0 Å². The van der Waals surface area contributed by atoms with Crippen molar-refractivity contribution in [2.24, 2.45) is 11.8 Å². The average molecular weight is 201 g/mol. The molecule has 2 aliphatic rings. The Balaban J connectivity index is 0.000000845. The van der Waals surface area contributed by atoms with Crippen molar-refractivity contribution in [3.8, 4) is 0 Å². The predicted molar refractivity (Wildman–Crippen MR) is 60.3 cm³/mol. The summed E-state index contributed by atoms with van der Waals surface area (Å²) in [6.07, 6.45) is 12.7. The molecule has 0 aliphatic heterocycles. The lowest BCUT2D eigenvalue weighted by Crippen LogP contribution is -2.21. The Hall–Kier alpha value is 0.0300. The van der Waals surface area contributed by atoms with Crippen molar-refractivity contribution in [3.05, 3.63) is 11.6 Å². The molecule has 0 aromatic heterocycles. The van der Waals surface area contributed by atoms with Crippen LogP contribution in [0.15, 0.2) is 11.6 Å². The van der Waals surface area contributed by atoms with Crippen LogP contribution in [-0.2, 0) is 0 Å². The van der Waals surface area contributed by atoms with Gasteiger partial charge in [0.2, 0.25) is 0 Å². The highest BCUT2D eigenvalue weighted by Gasteiger charge is 2.27. The van der Waals surface area contributed by atoms with Crippen LogP contribution >= 0.6 is 12.4 Å². The Kier molecular flexibility index (Phi) is 4.31. The van der Waals surface area contributed by atoms with E-state index in [4.69, 9.17) is 0 Å². The molecule has 13 heavy (non-hydrogen) atoms. The monoisotopic (exact) mass is 200 g/mol. The number of fused-ring (bicyclic) bond motifs is 1. The van der Waals surface area contributed by atoms with Crippen LogP contribution in [-0.4, -0.2) is 0 Å². The standard InChI is InChI=1S/C12H20.ClH/c1-2-10-7-5-8-11-6-3-4-9-12(10)11;/h9-11H,2-8H2,1H3;1H. The lowest BCUT2D eigenvalue weighted by Gasteiger charge is -2.34. The first-order chi connectivity index (χ1) is 5.92. The first-order valence-corrected chi connectivity index (χ1v) is 5.61. The zero-order valence-corrected chi connectivity index (χ0v) is 9.41. The van der Waals surface area contributed by atoms with Crippen molar-refractivity contribution in [1.82, 2.24) is 0 Å². The highest BCUT2D eigenvalue weighted by Crippen LogP contribution is 2.41. The number of hydrogen-bond acceptors (Lipinski definition) is 0. The molecule has 0 N–H and O–H groups in total. The van der Waals surface area contributed by atoms with E-state index in [9.17, 15) is 0 Å². The van der Waals surface area contributed by atoms with Crippen molar-refractivity contribution in [3.63, 3.8) is 0 Å². The van der Waals surface area contributed by atoms with E-state index in [0.29, 0.717) is 0 Å². The molecule has 0 aromatic rings. The molecule has 1 saturated carbocycles. The number of allylic oxidation sites excluding steroid dienone is 2. The van der Waals surface area contributed by atoms with Gasteiger partial charge in [-0.25, -0.2) is 0 Å². The maximum atomic E-state index is 2.56. The highest BCUT2D eigenvalue weighted by atomic mass is 35.5. The largest absolute Gasteiger partial charge is 0.147 e. The maximum Gasteiger partial charge on any atom is -0.0200 e. The summed E-state index contributed by atoms with van der Waals surface area (Å²) in [5.74, 6) is 1.96. The van der Waals surface area contributed by atoms with Crippen LogP contribution in [0.25, 0.3) is 0 Å². The molecule has 0 heterocycles. The molecule has 2 unspecified atom stereocenters. The second kappa shape index (κ2) is 5.05. The van der Waals surface area contributed by atoms with Gasteiger partial charge in [0.05, 0.1) is 0 Å². The van der Waals surface area contributed by atoms with E-state index in [1.54, 1.807) is 0 Å². The van der Waals surface area contributed by atoms with Crippen LogP contribution < -0.4 is 0 Å². The van der Waals surface area contributed by atoms with Gasteiger partial charge in [-0.3, -0.25) is 0 Å². The first kappa shape index (κ1) is 11.1. The van der Waals surface area contributed by atoms with E-state index in [1.807, 2.05) is 5.57 Å². The Labute approximate surface area is 88.2 Å². The van der Waals surface area contributed by atoms with Gasteiger partial charge in [0.25, 0.3) is 0 Å². The molecular formula is C12H21Cl. The van der Waals surface area contributed by atoms with Crippen molar-refractivity contribution in [1.29, 1.82) is 0 Å². The van der Waals surface area contributed by atoms with Gasteiger partial charge in [0.1, 0.15) is 0 Å². The lowest BCUT2D eigenvalue weighted by atomic mass is 9.71. The van der Waals surface area contributed by atoms with Crippen LogP contribution in [0.3, 0.4) is 0 Å². The van der Waals surface area contributed by atoms with Gasteiger partial charge in [0, 0.05) is 0 Å². The third-order valence-electron chi connectivity index (χ3n) is 3.68. The quantitative estimate of drug-likeness (QED) is 0.553. The number of hydrogen-bond donors (Lipinski definition) is 0. The minimum Gasteiger partial charge on any atom is -0.147 e. The van der Waals surface area contributed by atoms with Crippen LogP contribution in [0, 0.1) is 11.8 Å². The van der Waals surface area contributed by atoms with E-state index >= 15 is 0 Å². The van der Waals surface area contributed by atoms with Crippen molar-refractivity contribution in [2.45, 2.75) is 51.9 Å². The molecule has 76 valence electrons. The molecule has 0 bridgehead atoms. The predicted octanol–water partition coefficient (Wildman–Crippen LogP) is 4.34. The maximum absolute atomic E-state index is 2.56. The smallest absolute Gasteiger partial charge is 0.0200 e. The summed E-state index contributed by atoms with van der Waals surface area (Å²) in [5.41, 5.74) is 1.84. The van der Waals surface area contributed by atoms with E-state index in [1.165, 1.54) is 44.9 Å². The van der Waals surface area contributed by atoms with Gasteiger partial charge < -0.3 is 0 Å². The van der Waals surface area contributed by atoms with E-state index < -0.39 is 0 Å². The van der Waals surface area contributed by atoms with E-state index in [-0.39, 0.29) is 12.4 Å². The molecule has 2 aliphatic carbocycles. The fraction of sp³-hybridized carbons (Fsp3) is 0.833. The topological polar surface area (TPSA) is 0 Å². The molecular weight excluding hydrogens is 180 g/mol. The Morgan fingerprint density at radius 2 is 2.00 bits per heavy atom. The third kappa shape index (κ3) is 2.28. The Morgan fingerprint density at radius 3 is 2.77 bits per heavy atom. The average Bonchev–Trinajstić information content (AvgIpc) is 2.17. The molecule has 1 heteroatoms. The molecule has 2 atom stereocenters. The molecule has 0 radical (unpaired) electrons. The highest BCUT2D eigenvalue weighted by molar-refractivity contribution is 5.85. The van der Waals surface area contributed by atoms with Crippen LogP contribution in [0.4, 0.5) is 0 Å². The molecule has 0 saturated heterocycles. The number of rotatable bonds is 1. The summed E-state index contributed by atoms with van der Waals surface area (Å²) in [6, 6.07) is 0. The molecule has 0 amide bonds. The molecule has 0 spiro atoms. The summed E-state index contributed by atoms with van der Waals surface area (Å²) in [5, 5.41) is 0. The SMILES string of the molecule is CCC1CCCC2CCCC=C12.Cl. The van der Waals surface area contributed by atoms with Crippen LogP contribution in [0.5, 0.6) is 0 Å². The van der Waals surface area contributed by atoms with Gasteiger partial charge in [-0.05, 0) is 50.4 Å². The van der Waals surface area contributed by atoms with E-state index in [0.717, 1.165) is 11.8 Å². The summed E-state index contributed by atoms with van der Waals surface area (Å²) in [4.78, 5) is 0. The van der Waals surface area contributed by atoms with Crippen LogP contribution in [0.2, 0.25) is 0 Å². The van der Waals surface area contributed by atoms with Gasteiger partial charge in [-0.2, -0.15) is 0 Å². The minimum absolute atomic E-state index is 0. The first-order valence-electron chi connectivity index (χ1n) is 5.61. The zero-order valence-electron chi connectivity index (χ0n) is 8.59. The second-order valence-electron chi connectivity index (χ2n) is 4.37. The third-order valence-corrected chi connectivity index (χ3v) is 3.68. The summed E-state index contributed by atoms with van der Waals surface area (Å²) >= 11 is 0. The van der Waals surface area contributed by atoms with Gasteiger partial charge in [-0.15, -0.1) is 12.4 Å². The van der Waals surface area contributed by atoms with Gasteiger partial charge in [0.15, 0.2) is 0 Å². The number of halogens is 1. The minimum atomic E-state index is 0. The molecule has 1 fully saturated rings. The summed E-state index contributed by atoms with van der Waals surface area (Å²) in [7, 11) is 0.